The van der Waals surface area contributed by atoms with Crippen LogP contribution in [-0.2, 0) is 9.59 Å². The van der Waals surface area contributed by atoms with Crippen LogP contribution in [0.25, 0.3) is 0 Å². The number of carbonyl (C=O) groups excluding carboxylic acids is 2. The summed E-state index contributed by atoms with van der Waals surface area (Å²) in [7, 11) is 0. The number of nitrogens with zero attached hydrogens (tertiary/aromatic N) is 2. The highest BCUT2D eigenvalue weighted by atomic mass is 16.2. The molecule has 0 aromatic heterocycles. The van der Waals surface area contributed by atoms with Gasteiger partial charge in [0.2, 0.25) is 11.8 Å². The van der Waals surface area contributed by atoms with Crippen molar-refractivity contribution >= 4 is 11.8 Å². The molecule has 1 rings (SSSR count). The van der Waals surface area contributed by atoms with E-state index in [1.165, 1.54) is 0 Å². The van der Waals surface area contributed by atoms with E-state index >= 15 is 0 Å². The molecule has 0 saturated carbocycles. The number of amides is 2. The van der Waals surface area contributed by atoms with Crippen LogP contribution in [0.1, 0.15) is 13.3 Å². The maximum atomic E-state index is 12.0. The molecule has 0 aromatic carbocycles. The zero-order chi connectivity index (χ0) is 15.0. The molecule has 6 nitrogen and oxygen atoms in total. The molecule has 20 heavy (non-hydrogen) atoms. The van der Waals surface area contributed by atoms with Crippen molar-refractivity contribution in [3.63, 3.8) is 0 Å². The lowest BCUT2D eigenvalue weighted by molar-refractivity contribution is -0.134. The smallest absolute Gasteiger partial charge is 0.234 e. The van der Waals surface area contributed by atoms with Gasteiger partial charge >= 0.3 is 0 Å². The molecule has 3 N–H and O–H groups in total. The molecule has 0 bridgehead atoms. The number of hydrogen-bond acceptors (Lipinski definition) is 4. The molecule has 1 unspecified atom stereocenters. The summed E-state index contributed by atoms with van der Waals surface area (Å²) in [5, 5.41) is 2.75. The topological polar surface area (TPSA) is 78.7 Å². The SMILES string of the molecule is C=CCNC(=O)CN1CCN(C(=O)CC(C)CN)CC1. The highest BCUT2D eigenvalue weighted by Gasteiger charge is 2.22. The van der Waals surface area contributed by atoms with E-state index in [1.807, 2.05) is 11.8 Å². The maximum absolute atomic E-state index is 12.0. The lowest BCUT2D eigenvalue weighted by atomic mass is 10.1. The Labute approximate surface area is 121 Å². The van der Waals surface area contributed by atoms with E-state index in [1.54, 1.807) is 6.08 Å². The summed E-state index contributed by atoms with van der Waals surface area (Å²) in [6.07, 6.45) is 2.17. The summed E-state index contributed by atoms with van der Waals surface area (Å²) < 4.78 is 0. The first-order valence-corrected chi connectivity index (χ1v) is 7.14. The van der Waals surface area contributed by atoms with Gasteiger partial charge < -0.3 is 16.0 Å². The van der Waals surface area contributed by atoms with Gasteiger partial charge in [0.1, 0.15) is 0 Å². The fourth-order valence-corrected chi connectivity index (χ4v) is 2.11. The van der Waals surface area contributed by atoms with Crippen LogP contribution in [-0.4, -0.2) is 67.4 Å². The molecule has 1 aliphatic heterocycles. The van der Waals surface area contributed by atoms with Gasteiger partial charge in [0.25, 0.3) is 0 Å². The van der Waals surface area contributed by atoms with Crippen LogP contribution in [0.4, 0.5) is 0 Å². The van der Waals surface area contributed by atoms with Crippen molar-refractivity contribution in [3.05, 3.63) is 12.7 Å². The Bertz CT molecular complexity index is 338. The number of carbonyl (C=O) groups is 2. The maximum Gasteiger partial charge on any atom is 0.234 e. The average Bonchev–Trinajstić information content (AvgIpc) is 2.45. The number of nitrogens with two attached hydrogens (primary N) is 1. The Morgan fingerprint density at radius 2 is 2.00 bits per heavy atom. The molecule has 0 aromatic rings. The van der Waals surface area contributed by atoms with Crippen LogP contribution < -0.4 is 11.1 Å². The average molecular weight is 282 g/mol. The standard InChI is InChI=1S/C14H26N4O2/c1-3-4-16-13(19)11-17-5-7-18(8-6-17)14(20)9-12(2)10-15/h3,12H,1,4-11,15H2,2H3,(H,16,19). The predicted octanol–water partition coefficient (Wildman–Crippen LogP) is -0.582. The Kier molecular flexibility index (Phi) is 7.25. The van der Waals surface area contributed by atoms with Gasteiger partial charge in [0.15, 0.2) is 0 Å². The summed E-state index contributed by atoms with van der Waals surface area (Å²) in [4.78, 5) is 27.5. The zero-order valence-electron chi connectivity index (χ0n) is 12.3. The van der Waals surface area contributed by atoms with Crippen molar-refractivity contribution in [2.45, 2.75) is 13.3 Å². The van der Waals surface area contributed by atoms with Gasteiger partial charge in [-0.05, 0) is 12.5 Å². The minimum atomic E-state index is 0.00132. The fourth-order valence-electron chi connectivity index (χ4n) is 2.11. The zero-order valence-corrected chi connectivity index (χ0v) is 12.3. The fraction of sp³-hybridized carbons (Fsp3) is 0.714. The number of nitrogens with one attached hydrogen (secondary N) is 1. The Morgan fingerprint density at radius 3 is 2.55 bits per heavy atom. The van der Waals surface area contributed by atoms with Gasteiger partial charge in [0, 0.05) is 39.1 Å². The van der Waals surface area contributed by atoms with E-state index in [9.17, 15) is 9.59 Å². The molecule has 6 heteroatoms. The van der Waals surface area contributed by atoms with Crippen LogP contribution in [0.5, 0.6) is 0 Å². The third-order valence-electron chi connectivity index (χ3n) is 3.46. The molecule has 1 aliphatic rings. The lowest BCUT2D eigenvalue weighted by Crippen LogP contribution is -2.51. The quantitative estimate of drug-likeness (QED) is 0.612. The van der Waals surface area contributed by atoms with E-state index in [-0.39, 0.29) is 17.7 Å². The molecule has 1 fully saturated rings. The molecule has 1 heterocycles. The van der Waals surface area contributed by atoms with E-state index in [0.29, 0.717) is 39.1 Å². The highest BCUT2D eigenvalue weighted by molar-refractivity contribution is 5.78. The van der Waals surface area contributed by atoms with Gasteiger partial charge in [-0.15, -0.1) is 6.58 Å². The van der Waals surface area contributed by atoms with Crippen molar-refractivity contribution in [2.75, 3.05) is 45.8 Å². The van der Waals surface area contributed by atoms with Gasteiger partial charge in [-0.3, -0.25) is 14.5 Å². The number of piperazine rings is 1. The van der Waals surface area contributed by atoms with Crippen molar-refractivity contribution in [1.82, 2.24) is 15.1 Å². The number of hydrogen-bond donors (Lipinski definition) is 2. The van der Waals surface area contributed by atoms with Crippen molar-refractivity contribution in [2.24, 2.45) is 11.7 Å². The van der Waals surface area contributed by atoms with Crippen LogP contribution in [0.15, 0.2) is 12.7 Å². The summed E-state index contributed by atoms with van der Waals surface area (Å²) in [5.74, 6) is 0.394. The van der Waals surface area contributed by atoms with Crippen molar-refractivity contribution in [3.8, 4) is 0 Å². The summed E-state index contributed by atoms with van der Waals surface area (Å²) in [6.45, 7) is 9.81. The Morgan fingerprint density at radius 1 is 1.35 bits per heavy atom. The van der Waals surface area contributed by atoms with Gasteiger partial charge in [-0.2, -0.15) is 0 Å². The Balaban J connectivity index is 2.27. The van der Waals surface area contributed by atoms with E-state index in [4.69, 9.17) is 5.73 Å². The molecule has 2 amide bonds. The van der Waals surface area contributed by atoms with Crippen LogP contribution in [0.3, 0.4) is 0 Å². The van der Waals surface area contributed by atoms with Crippen LogP contribution in [0, 0.1) is 5.92 Å². The third kappa shape index (κ3) is 5.71. The molecule has 0 spiro atoms. The van der Waals surface area contributed by atoms with Gasteiger partial charge in [-0.1, -0.05) is 13.0 Å². The monoisotopic (exact) mass is 282 g/mol. The van der Waals surface area contributed by atoms with E-state index in [2.05, 4.69) is 16.8 Å². The van der Waals surface area contributed by atoms with E-state index in [0.717, 1.165) is 13.1 Å². The lowest BCUT2D eigenvalue weighted by Gasteiger charge is -2.34. The molecule has 1 atom stereocenters. The van der Waals surface area contributed by atoms with Crippen LogP contribution in [0.2, 0.25) is 0 Å². The normalized spacial score (nSPS) is 17.6. The second kappa shape index (κ2) is 8.71. The van der Waals surface area contributed by atoms with Crippen molar-refractivity contribution in [1.29, 1.82) is 0 Å². The molecule has 0 aliphatic carbocycles. The van der Waals surface area contributed by atoms with Crippen LogP contribution >= 0.6 is 0 Å². The molecule has 114 valence electrons. The van der Waals surface area contributed by atoms with Gasteiger partial charge in [-0.25, -0.2) is 0 Å². The Hall–Kier alpha value is -1.40. The van der Waals surface area contributed by atoms with Gasteiger partial charge in [0.05, 0.1) is 6.54 Å². The summed E-state index contributed by atoms with van der Waals surface area (Å²) >= 11 is 0. The first-order valence-electron chi connectivity index (χ1n) is 7.14. The third-order valence-corrected chi connectivity index (χ3v) is 3.46. The minimum absolute atomic E-state index is 0.00132. The first kappa shape index (κ1) is 16.7. The molecular weight excluding hydrogens is 256 g/mol. The van der Waals surface area contributed by atoms with Crippen molar-refractivity contribution < 1.29 is 9.59 Å². The molecule has 1 saturated heterocycles. The predicted molar refractivity (Wildman–Crippen MR) is 79.1 cm³/mol. The summed E-state index contributed by atoms with van der Waals surface area (Å²) in [5.41, 5.74) is 5.54. The first-order chi connectivity index (χ1) is 9.56. The summed E-state index contributed by atoms with van der Waals surface area (Å²) in [6, 6.07) is 0. The van der Waals surface area contributed by atoms with E-state index < -0.39 is 0 Å². The molecular formula is C14H26N4O2. The molecule has 0 radical (unpaired) electrons. The number of rotatable bonds is 7. The highest BCUT2D eigenvalue weighted by Crippen LogP contribution is 2.07. The second-order valence-electron chi connectivity index (χ2n) is 5.29. The largest absolute Gasteiger partial charge is 0.352 e. The second-order valence-corrected chi connectivity index (χ2v) is 5.29. The minimum Gasteiger partial charge on any atom is -0.352 e.